The molecule has 0 heterocycles. The van der Waals surface area contributed by atoms with E-state index in [0.717, 1.165) is 28.6 Å². The highest BCUT2D eigenvalue weighted by atomic mass is 79.9. The molecule has 1 atom stereocenters. The van der Waals surface area contributed by atoms with Crippen molar-refractivity contribution in [2.45, 2.75) is 46.0 Å². The van der Waals surface area contributed by atoms with Gasteiger partial charge in [0.05, 0.1) is 7.11 Å². The Labute approximate surface area is 130 Å². The van der Waals surface area contributed by atoms with Gasteiger partial charge < -0.3 is 4.74 Å². The molecule has 1 aromatic rings. The molecule has 0 spiro atoms. The highest BCUT2D eigenvalue weighted by molar-refractivity contribution is 9.10. The second-order valence-corrected chi connectivity index (χ2v) is 7.24. The molecule has 0 N–H and O–H groups in total. The zero-order valence-corrected chi connectivity index (χ0v) is 14.1. The number of hydrogen-bond donors (Lipinski definition) is 0. The summed E-state index contributed by atoms with van der Waals surface area (Å²) in [5.41, 5.74) is 1.16. The van der Waals surface area contributed by atoms with Crippen molar-refractivity contribution in [3.05, 3.63) is 28.2 Å². The molecule has 20 heavy (non-hydrogen) atoms. The summed E-state index contributed by atoms with van der Waals surface area (Å²) < 4.78 is 6.23. The van der Waals surface area contributed by atoms with E-state index >= 15 is 0 Å². The number of benzene rings is 1. The molecular formula is C17H23BrO2. The Hall–Kier alpha value is -0.830. The highest BCUT2D eigenvalue weighted by Gasteiger charge is 2.36. The van der Waals surface area contributed by atoms with Crippen LogP contribution in [0.5, 0.6) is 5.75 Å². The third-order valence-electron chi connectivity index (χ3n) is 4.51. The van der Waals surface area contributed by atoms with Gasteiger partial charge in [-0.3, -0.25) is 4.79 Å². The molecule has 2 rings (SSSR count). The van der Waals surface area contributed by atoms with Gasteiger partial charge in [0.15, 0.2) is 0 Å². The van der Waals surface area contributed by atoms with E-state index in [1.807, 2.05) is 18.2 Å². The van der Waals surface area contributed by atoms with Gasteiger partial charge in [-0.1, -0.05) is 42.6 Å². The minimum Gasteiger partial charge on any atom is -0.497 e. The quantitative estimate of drug-likeness (QED) is 0.789. The maximum atomic E-state index is 12.7. The Balaban J connectivity index is 2.15. The third-order valence-corrected chi connectivity index (χ3v) is 5.29. The number of methoxy groups -OCH3 is 1. The van der Waals surface area contributed by atoms with Crippen molar-refractivity contribution in [2.24, 2.45) is 11.3 Å². The first-order chi connectivity index (χ1) is 9.44. The number of carbonyl (C=O) groups excluding carboxylic acids is 1. The molecule has 1 aliphatic carbocycles. The van der Waals surface area contributed by atoms with Crippen LogP contribution in [0.25, 0.3) is 0 Å². The van der Waals surface area contributed by atoms with Crippen LogP contribution in [-0.2, 0) is 11.2 Å². The topological polar surface area (TPSA) is 26.3 Å². The molecule has 110 valence electrons. The summed E-state index contributed by atoms with van der Waals surface area (Å²) >= 11 is 3.53. The van der Waals surface area contributed by atoms with Gasteiger partial charge in [-0.05, 0) is 42.0 Å². The zero-order chi connectivity index (χ0) is 14.8. The fourth-order valence-electron chi connectivity index (χ4n) is 3.22. The summed E-state index contributed by atoms with van der Waals surface area (Å²) in [6.07, 6.45) is 5.11. The molecule has 1 aliphatic rings. The summed E-state index contributed by atoms with van der Waals surface area (Å²) in [5.74, 6) is 1.36. The number of halogens is 1. The van der Waals surface area contributed by atoms with Crippen LogP contribution >= 0.6 is 15.9 Å². The number of Topliss-reactive ketones (excluding diaryl/α,β-unsaturated/α-hetero) is 1. The number of ketones is 1. The van der Waals surface area contributed by atoms with E-state index in [1.54, 1.807) is 7.11 Å². The number of hydrogen-bond acceptors (Lipinski definition) is 2. The van der Waals surface area contributed by atoms with Crippen molar-refractivity contribution >= 4 is 21.7 Å². The van der Waals surface area contributed by atoms with Crippen molar-refractivity contribution in [1.29, 1.82) is 0 Å². The fraction of sp³-hybridized carbons (Fsp3) is 0.588. The number of ether oxygens (including phenoxy) is 1. The molecule has 2 nitrogen and oxygen atoms in total. The smallest absolute Gasteiger partial charge is 0.140 e. The van der Waals surface area contributed by atoms with Crippen LogP contribution in [0.15, 0.2) is 22.7 Å². The SMILES string of the molecule is COc1ccc(Br)c(CC(=O)C2CCCCC2(C)C)c1. The number of rotatable bonds is 4. The van der Waals surface area contributed by atoms with E-state index < -0.39 is 0 Å². The lowest BCUT2D eigenvalue weighted by molar-refractivity contribution is -0.127. The van der Waals surface area contributed by atoms with E-state index in [9.17, 15) is 4.79 Å². The lowest BCUT2D eigenvalue weighted by atomic mass is 9.66. The second kappa shape index (κ2) is 6.30. The van der Waals surface area contributed by atoms with Crippen molar-refractivity contribution in [2.75, 3.05) is 7.11 Å². The van der Waals surface area contributed by atoms with Gasteiger partial charge in [0.2, 0.25) is 0 Å². The highest BCUT2D eigenvalue weighted by Crippen LogP contribution is 2.41. The van der Waals surface area contributed by atoms with Crippen molar-refractivity contribution < 1.29 is 9.53 Å². The molecule has 0 aliphatic heterocycles. The average Bonchev–Trinajstić information content (AvgIpc) is 2.40. The monoisotopic (exact) mass is 338 g/mol. The molecule has 1 aromatic carbocycles. The third kappa shape index (κ3) is 3.43. The normalized spacial score (nSPS) is 21.5. The van der Waals surface area contributed by atoms with Gasteiger partial charge in [0, 0.05) is 16.8 Å². The van der Waals surface area contributed by atoms with Gasteiger partial charge in [0.25, 0.3) is 0 Å². The molecule has 0 aromatic heterocycles. The predicted octanol–water partition coefficient (Wildman–Crippen LogP) is 4.79. The number of carbonyl (C=O) groups is 1. The Kier molecular flexibility index (Phi) is 4.90. The standard InChI is InChI=1S/C17H23BrO2/c1-17(2)9-5-4-6-14(17)16(19)11-12-10-13(20-3)7-8-15(12)18/h7-8,10,14H,4-6,9,11H2,1-3H3. The fourth-order valence-corrected chi connectivity index (χ4v) is 3.60. The Morgan fingerprint density at radius 2 is 2.15 bits per heavy atom. The molecule has 0 bridgehead atoms. The van der Waals surface area contributed by atoms with Crippen molar-refractivity contribution in [1.82, 2.24) is 0 Å². The van der Waals surface area contributed by atoms with E-state index in [-0.39, 0.29) is 11.3 Å². The second-order valence-electron chi connectivity index (χ2n) is 6.39. The molecule has 1 fully saturated rings. The summed E-state index contributed by atoms with van der Waals surface area (Å²) in [6.45, 7) is 4.46. The van der Waals surface area contributed by atoms with Crippen LogP contribution < -0.4 is 4.74 Å². The van der Waals surface area contributed by atoms with Crippen molar-refractivity contribution in [3.63, 3.8) is 0 Å². The average molecular weight is 339 g/mol. The minimum atomic E-state index is 0.140. The van der Waals surface area contributed by atoms with Gasteiger partial charge >= 0.3 is 0 Å². The van der Waals surface area contributed by atoms with Gasteiger partial charge in [0.1, 0.15) is 11.5 Å². The first-order valence-corrected chi connectivity index (χ1v) is 8.08. The van der Waals surface area contributed by atoms with Crippen LogP contribution in [0.4, 0.5) is 0 Å². The Bertz CT molecular complexity index is 494. The van der Waals surface area contributed by atoms with Gasteiger partial charge in [-0.15, -0.1) is 0 Å². The minimum absolute atomic E-state index is 0.140. The van der Waals surface area contributed by atoms with Crippen LogP contribution in [0.3, 0.4) is 0 Å². The lowest BCUT2D eigenvalue weighted by Crippen LogP contribution is -2.34. The molecule has 1 unspecified atom stereocenters. The molecular weight excluding hydrogens is 316 g/mol. The first kappa shape index (κ1) is 15.6. The Morgan fingerprint density at radius 3 is 2.80 bits per heavy atom. The molecule has 0 saturated heterocycles. The first-order valence-electron chi connectivity index (χ1n) is 7.29. The maximum Gasteiger partial charge on any atom is 0.140 e. The molecule has 3 heteroatoms. The van der Waals surface area contributed by atoms with E-state index in [0.29, 0.717) is 12.2 Å². The van der Waals surface area contributed by atoms with Crippen molar-refractivity contribution in [3.8, 4) is 5.75 Å². The lowest BCUT2D eigenvalue weighted by Gasteiger charge is -2.37. The van der Waals surface area contributed by atoms with Gasteiger partial charge in [-0.25, -0.2) is 0 Å². The summed E-state index contributed by atoms with van der Waals surface area (Å²) in [7, 11) is 1.65. The summed E-state index contributed by atoms with van der Waals surface area (Å²) in [4.78, 5) is 12.7. The van der Waals surface area contributed by atoms with E-state index in [1.165, 1.54) is 12.8 Å². The molecule has 1 saturated carbocycles. The van der Waals surface area contributed by atoms with Crippen LogP contribution in [0.2, 0.25) is 0 Å². The Morgan fingerprint density at radius 1 is 1.40 bits per heavy atom. The van der Waals surface area contributed by atoms with Crippen LogP contribution in [-0.4, -0.2) is 12.9 Å². The molecule has 0 amide bonds. The predicted molar refractivity (Wildman–Crippen MR) is 85.1 cm³/mol. The van der Waals surface area contributed by atoms with Gasteiger partial charge in [-0.2, -0.15) is 0 Å². The summed E-state index contributed by atoms with van der Waals surface area (Å²) in [5, 5.41) is 0. The zero-order valence-electron chi connectivity index (χ0n) is 12.5. The largest absolute Gasteiger partial charge is 0.497 e. The molecule has 0 radical (unpaired) electrons. The maximum absolute atomic E-state index is 12.7. The van der Waals surface area contributed by atoms with Crippen LogP contribution in [0.1, 0.15) is 45.1 Å². The van der Waals surface area contributed by atoms with E-state index in [4.69, 9.17) is 4.74 Å². The summed E-state index contributed by atoms with van der Waals surface area (Å²) in [6, 6.07) is 5.81. The van der Waals surface area contributed by atoms with Crippen LogP contribution in [0, 0.1) is 11.3 Å². The van der Waals surface area contributed by atoms with E-state index in [2.05, 4.69) is 29.8 Å².